The van der Waals surface area contributed by atoms with Crippen LogP contribution in [-0.2, 0) is 6.42 Å². The molecule has 1 aliphatic heterocycles. The normalized spacial score (nSPS) is 19.7. The van der Waals surface area contributed by atoms with Crippen LogP contribution < -0.4 is 15.4 Å². The Labute approximate surface area is 110 Å². The Bertz CT molecular complexity index is 354. The molecule has 3 nitrogen and oxygen atoms in total. The third-order valence-corrected chi connectivity index (χ3v) is 3.24. The summed E-state index contributed by atoms with van der Waals surface area (Å²) in [6, 6.07) is 9.33. The van der Waals surface area contributed by atoms with Gasteiger partial charge in [0, 0.05) is 31.6 Å². The van der Waals surface area contributed by atoms with E-state index in [9.17, 15) is 0 Å². The van der Waals surface area contributed by atoms with Crippen molar-refractivity contribution in [2.75, 3.05) is 13.1 Å². The maximum atomic E-state index is 5.90. The number of hydrogen-bond donors (Lipinski definition) is 2. The molecule has 2 unspecified atom stereocenters. The van der Waals surface area contributed by atoms with E-state index in [1.165, 1.54) is 5.56 Å². The van der Waals surface area contributed by atoms with Gasteiger partial charge in [0.25, 0.3) is 0 Å². The second kappa shape index (κ2) is 6.21. The molecule has 18 heavy (non-hydrogen) atoms. The van der Waals surface area contributed by atoms with Gasteiger partial charge in [0.1, 0.15) is 11.9 Å². The van der Waals surface area contributed by atoms with Gasteiger partial charge in [-0.05, 0) is 18.6 Å². The fourth-order valence-electron chi connectivity index (χ4n) is 2.19. The summed E-state index contributed by atoms with van der Waals surface area (Å²) in [5.41, 5.74) is 1.33. The zero-order valence-electron chi connectivity index (χ0n) is 11.6. The fraction of sp³-hybridized carbons (Fsp3) is 0.600. The SMILES string of the molecule is CC(C)NCC(C)NCC1Cc2ccccc2O1. The van der Waals surface area contributed by atoms with Gasteiger partial charge < -0.3 is 15.4 Å². The van der Waals surface area contributed by atoms with Crippen molar-refractivity contribution in [2.24, 2.45) is 0 Å². The molecule has 0 saturated carbocycles. The molecule has 0 radical (unpaired) electrons. The molecule has 0 aromatic heterocycles. The first kappa shape index (κ1) is 13.4. The van der Waals surface area contributed by atoms with E-state index in [1.54, 1.807) is 0 Å². The maximum Gasteiger partial charge on any atom is 0.123 e. The highest BCUT2D eigenvalue weighted by molar-refractivity contribution is 5.37. The van der Waals surface area contributed by atoms with Gasteiger partial charge in [-0.1, -0.05) is 32.0 Å². The molecule has 0 aliphatic carbocycles. The molecule has 1 aromatic rings. The van der Waals surface area contributed by atoms with Crippen molar-refractivity contribution in [3.8, 4) is 5.75 Å². The summed E-state index contributed by atoms with van der Waals surface area (Å²) in [4.78, 5) is 0. The number of benzene rings is 1. The lowest BCUT2D eigenvalue weighted by Crippen LogP contribution is -2.42. The number of hydrogen-bond acceptors (Lipinski definition) is 3. The molecule has 0 bridgehead atoms. The van der Waals surface area contributed by atoms with E-state index < -0.39 is 0 Å². The smallest absolute Gasteiger partial charge is 0.123 e. The topological polar surface area (TPSA) is 33.3 Å². The van der Waals surface area contributed by atoms with Gasteiger partial charge in [-0.3, -0.25) is 0 Å². The first-order valence-electron chi connectivity index (χ1n) is 6.86. The van der Waals surface area contributed by atoms with E-state index in [-0.39, 0.29) is 6.10 Å². The monoisotopic (exact) mass is 248 g/mol. The summed E-state index contributed by atoms with van der Waals surface area (Å²) < 4.78 is 5.90. The zero-order valence-corrected chi connectivity index (χ0v) is 11.6. The van der Waals surface area contributed by atoms with Crippen LogP contribution in [0.5, 0.6) is 5.75 Å². The first-order chi connectivity index (χ1) is 8.65. The predicted molar refractivity (Wildman–Crippen MR) is 75.2 cm³/mol. The second-order valence-corrected chi connectivity index (χ2v) is 5.42. The standard InChI is InChI=1S/C15H24N2O/c1-11(2)16-9-12(3)17-10-14-8-13-6-4-5-7-15(13)18-14/h4-7,11-12,14,16-17H,8-10H2,1-3H3. The van der Waals surface area contributed by atoms with Crippen molar-refractivity contribution >= 4 is 0 Å². The summed E-state index contributed by atoms with van der Waals surface area (Å²) in [5, 5.41) is 6.96. The number of para-hydroxylation sites is 1. The highest BCUT2D eigenvalue weighted by atomic mass is 16.5. The molecule has 2 atom stereocenters. The van der Waals surface area contributed by atoms with E-state index >= 15 is 0 Å². The number of ether oxygens (including phenoxy) is 1. The quantitative estimate of drug-likeness (QED) is 0.807. The number of rotatable bonds is 6. The molecule has 0 spiro atoms. The molecular weight excluding hydrogens is 224 g/mol. The van der Waals surface area contributed by atoms with Gasteiger partial charge in [-0.2, -0.15) is 0 Å². The molecule has 0 fully saturated rings. The minimum Gasteiger partial charge on any atom is -0.488 e. The van der Waals surface area contributed by atoms with Crippen LogP contribution in [0.15, 0.2) is 24.3 Å². The summed E-state index contributed by atoms with van der Waals surface area (Å²) in [5.74, 6) is 1.05. The molecule has 0 saturated heterocycles. The van der Waals surface area contributed by atoms with Crippen LogP contribution in [0.3, 0.4) is 0 Å². The van der Waals surface area contributed by atoms with E-state index in [0.717, 1.165) is 25.3 Å². The Balaban J connectivity index is 1.70. The van der Waals surface area contributed by atoms with Crippen LogP contribution in [0, 0.1) is 0 Å². The van der Waals surface area contributed by atoms with E-state index in [1.807, 2.05) is 6.07 Å². The van der Waals surface area contributed by atoms with Gasteiger partial charge in [-0.15, -0.1) is 0 Å². The summed E-state index contributed by atoms with van der Waals surface area (Å²) >= 11 is 0. The third-order valence-electron chi connectivity index (χ3n) is 3.24. The molecule has 2 N–H and O–H groups in total. The van der Waals surface area contributed by atoms with Crippen LogP contribution in [0.25, 0.3) is 0 Å². The van der Waals surface area contributed by atoms with Gasteiger partial charge in [-0.25, -0.2) is 0 Å². The van der Waals surface area contributed by atoms with Crippen molar-refractivity contribution in [3.05, 3.63) is 29.8 Å². The molecule has 2 rings (SSSR count). The molecular formula is C15H24N2O. The van der Waals surface area contributed by atoms with Gasteiger partial charge in [0.2, 0.25) is 0 Å². The van der Waals surface area contributed by atoms with Gasteiger partial charge in [0.15, 0.2) is 0 Å². The van der Waals surface area contributed by atoms with Crippen LogP contribution in [-0.4, -0.2) is 31.3 Å². The second-order valence-electron chi connectivity index (χ2n) is 5.42. The van der Waals surface area contributed by atoms with Gasteiger partial charge in [0.05, 0.1) is 0 Å². The average Bonchev–Trinajstić information content (AvgIpc) is 2.76. The Morgan fingerprint density at radius 3 is 2.72 bits per heavy atom. The maximum absolute atomic E-state index is 5.90. The molecule has 3 heteroatoms. The van der Waals surface area contributed by atoms with Crippen molar-refractivity contribution in [1.29, 1.82) is 0 Å². The van der Waals surface area contributed by atoms with Crippen LogP contribution in [0.2, 0.25) is 0 Å². The Hall–Kier alpha value is -1.06. The minimum absolute atomic E-state index is 0.281. The van der Waals surface area contributed by atoms with Crippen LogP contribution in [0.1, 0.15) is 26.3 Å². The molecule has 1 aliphatic rings. The lowest BCUT2D eigenvalue weighted by Gasteiger charge is -2.19. The van der Waals surface area contributed by atoms with E-state index in [0.29, 0.717) is 12.1 Å². The molecule has 1 heterocycles. The van der Waals surface area contributed by atoms with Crippen LogP contribution in [0.4, 0.5) is 0 Å². The fourth-order valence-corrected chi connectivity index (χ4v) is 2.19. The Kier molecular flexibility index (Phi) is 4.61. The summed E-state index contributed by atoms with van der Waals surface area (Å²) in [6.07, 6.45) is 1.30. The number of fused-ring (bicyclic) bond motifs is 1. The van der Waals surface area contributed by atoms with Crippen LogP contribution >= 0.6 is 0 Å². The molecule has 100 valence electrons. The first-order valence-corrected chi connectivity index (χ1v) is 6.86. The largest absolute Gasteiger partial charge is 0.488 e. The minimum atomic E-state index is 0.281. The van der Waals surface area contributed by atoms with Crippen molar-refractivity contribution < 1.29 is 4.74 Å². The molecule has 0 amide bonds. The Morgan fingerprint density at radius 1 is 1.22 bits per heavy atom. The molecule has 1 aromatic carbocycles. The van der Waals surface area contributed by atoms with E-state index in [4.69, 9.17) is 4.74 Å². The lowest BCUT2D eigenvalue weighted by atomic mass is 10.1. The van der Waals surface area contributed by atoms with Crippen molar-refractivity contribution in [3.63, 3.8) is 0 Å². The third kappa shape index (κ3) is 3.72. The van der Waals surface area contributed by atoms with Crippen molar-refractivity contribution in [1.82, 2.24) is 10.6 Å². The van der Waals surface area contributed by atoms with Gasteiger partial charge >= 0.3 is 0 Å². The summed E-state index contributed by atoms with van der Waals surface area (Å²) in [6.45, 7) is 8.46. The van der Waals surface area contributed by atoms with E-state index in [2.05, 4.69) is 49.6 Å². The number of nitrogens with one attached hydrogen (secondary N) is 2. The lowest BCUT2D eigenvalue weighted by molar-refractivity contribution is 0.221. The average molecular weight is 248 g/mol. The predicted octanol–water partition coefficient (Wildman–Crippen LogP) is 1.97. The van der Waals surface area contributed by atoms with Crippen molar-refractivity contribution in [2.45, 2.75) is 45.4 Å². The zero-order chi connectivity index (χ0) is 13.0. The Morgan fingerprint density at radius 2 is 2.00 bits per heavy atom. The summed E-state index contributed by atoms with van der Waals surface area (Å²) in [7, 11) is 0. The highest BCUT2D eigenvalue weighted by Crippen LogP contribution is 2.27. The highest BCUT2D eigenvalue weighted by Gasteiger charge is 2.22.